The first kappa shape index (κ1) is 34.3. The Hall–Kier alpha value is -8.24. The highest BCUT2D eigenvalue weighted by molar-refractivity contribution is 6.13. The molecule has 3 heterocycles. The second-order valence-corrected chi connectivity index (χ2v) is 14.6. The van der Waals surface area contributed by atoms with Crippen molar-refractivity contribution in [2.75, 3.05) is 0 Å². The van der Waals surface area contributed by atoms with Crippen molar-refractivity contribution < 1.29 is 0 Å². The predicted molar refractivity (Wildman–Crippen MR) is 236 cm³/mol. The lowest BCUT2D eigenvalue weighted by molar-refractivity contribution is 1.10. The third kappa shape index (κ3) is 5.50. The lowest BCUT2D eigenvalue weighted by Crippen LogP contribution is -2.04. The molecule has 0 fully saturated rings. The molecule has 0 saturated heterocycles. The number of nitriles is 1. The monoisotopic (exact) mass is 740 g/mol. The second-order valence-electron chi connectivity index (χ2n) is 14.6. The van der Waals surface area contributed by atoms with E-state index < -0.39 is 0 Å². The summed E-state index contributed by atoms with van der Waals surface area (Å²) < 4.78 is 4.66. The summed E-state index contributed by atoms with van der Waals surface area (Å²) in [5.74, 6) is 0. The van der Waals surface area contributed by atoms with Crippen molar-refractivity contribution >= 4 is 55.0 Å². The van der Waals surface area contributed by atoms with Crippen molar-refractivity contribution in [1.29, 1.82) is 5.26 Å². The zero-order valence-corrected chi connectivity index (χ0v) is 31.7. The Morgan fingerprint density at radius 1 is 0.483 bits per heavy atom. The molecular formula is C52H32N6. The standard InChI is InChI=1S/C52H32N6/c1-32-25-39(26-33(2)56-32)45-29-51(57-47-11-7-5-9-41(47)43-23-19-37(27-49(43)57)35-15-13-34(31-53)14-16-35)52(30-46(45)55-4)58-48-12-8-6-10-42(48)44-24-20-38(28-50(44)58)36-17-21-40(54-3)22-18-36/h5-30H,1-2H3. The molecule has 0 aliphatic rings. The average Bonchev–Trinajstić information content (AvgIpc) is 3.77. The summed E-state index contributed by atoms with van der Waals surface area (Å²) in [7, 11) is 0. The molecule has 7 aromatic carbocycles. The van der Waals surface area contributed by atoms with Crippen LogP contribution >= 0.6 is 0 Å². The molecular weight excluding hydrogens is 709 g/mol. The van der Waals surface area contributed by atoms with Crippen LogP contribution in [0.1, 0.15) is 17.0 Å². The van der Waals surface area contributed by atoms with Gasteiger partial charge >= 0.3 is 0 Å². The van der Waals surface area contributed by atoms with Gasteiger partial charge in [-0.25, -0.2) is 9.69 Å². The molecule has 3 aromatic heterocycles. The molecule has 10 aromatic rings. The zero-order valence-electron chi connectivity index (χ0n) is 31.7. The SMILES string of the molecule is [C-]#[N+]c1ccc(-c2ccc3c4ccccc4n(-c4cc([N+]#[C-])c(-c5cc(C)nc(C)c5)cc4-n4c5ccccc5c5ccc(-c6ccc(C#N)cc6)cc54)c3c2)cc1. The minimum atomic E-state index is 0.541. The van der Waals surface area contributed by atoms with E-state index in [-0.39, 0.29) is 0 Å². The number of hydrogen-bond acceptors (Lipinski definition) is 2. The van der Waals surface area contributed by atoms with Gasteiger partial charge in [0.2, 0.25) is 0 Å². The summed E-state index contributed by atoms with van der Waals surface area (Å²) in [6.45, 7) is 20.0. The van der Waals surface area contributed by atoms with Crippen LogP contribution < -0.4 is 0 Å². The van der Waals surface area contributed by atoms with Gasteiger partial charge in [-0.05, 0) is 108 Å². The van der Waals surface area contributed by atoms with E-state index in [1.54, 1.807) is 0 Å². The highest BCUT2D eigenvalue weighted by atomic mass is 15.1. The van der Waals surface area contributed by atoms with Crippen LogP contribution in [0, 0.1) is 38.3 Å². The first-order valence-corrected chi connectivity index (χ1v) is 19.0. The molecule has 0 amide bonds. The molecule has 6 nitrogen and oxygen atoms in total. The van der Waals surface area contributed by atoms with Crippen molar-refractivity contribution in [3.63, 3.8) is 0 Å². The maximum atomic E-state index is 9.50. The van der Waals surface area contributed by atoms with Crippen molar-refractivity contribution in [2.45, 2.75) is 13.8 Å². The Balaban J connectivity index is 1.34. The molecule has 0 spiro atoms. The minimum absolute atomic E-state index is 0.541. The number of para-hydroxylation sites is 2. The lowest BCUT2D eigenvalue weighted by Gasteiger charge is -2.20. The van der Waals surface area contributed by atoms with Gasteiger partial charge in [0.1, 0.15) is 0 Å². The van der Waals surface area contributed by atoms with Crippen LogP contribution in [-0.4, -0.2) is 14.1 Å². The summed E-state index contributed by atoms with van der Waals surface area (Å²) in [5, 5.41) is 13.9. The van der Waals surface area contributed by atoms with Crippen molar-refractivity contribution in [3.8, 4) is 50.8 Å². The van der Waals surface area contributed by atoms with Crippen LogP contribution in [0.15, 0.2) is 158 Å². The van der Waals surface area contributed by atoms with E-state index in [1.807, 2.05) is 62.4 Å². The van der Waals surface area contributed by atoms with Gasteiger partial charge in [0.05, 0.1) is 58.2 Å². The van der Waals surface area contributed by atoms with Crippen LogP contribution in [-0.2, 0) is 0 Å². The van der Waals surface area contributed by atoms with E-state index in [0.29, 0.717) is 16.9 Å². The van der Waals surface area contributed by atoms with Crippen molar-refractivity contribution in [3.05, 3.63) is 198 Å². The Bertz CT molecular complexity index is 3410. The smallest absolute Gasteiger partial charge is 0.197 e. The zero-order chi connectivity index (χ0) is 39.5. The molecule has 0 N–H and O–H groups in total. The summed E-state index contributed by atoms with van der Waals surface area (Å²) in [4.78, 5) is 12.5. The number of nitrogens with zero attached hydrogens (tertiary/aromatic N) is 6. The largest absolute Gasteiger partial charge is 0.308 e. The number of aryl methyl sites for hydroxylation is 2. The van der Waals surface area contributed by atoms with Gasteiger partial charge in [-0.15, -0.1) is 0 Å². The van der Waals surface area contributed by atoms with E-state index in [4.69, 9.17) is 13.1 Å². The second kappa shape index (κ2) is 13.5. The third-order valence-corrected chi connectivity index (χ3v) is 11.1. The molecule has 0 aliphatic heterocycles. The van der Waals surface area contributed by atoms with E-state index in [1.165, 1.54) is 0 Å². The number of pyridine rings is 1. The molecule has 6 heteroatoms. The Labute approximate surface area is 335 Å². The van der Waals surface area contributed by atoms with Crippen LogP contribution in [0.5, 0.6) is 0 Å². The minimum Gasteiger partial charge on any atom is -0.308 e. The number of benzene rings is 7. The molecule has 0 aliphatic carbocycles. The topological polar surface area (TPSA) is 55.3 Å². The molecule has 58 heavy (non-hydrogen) atoms. The van der Waals surface area contributed by atoms with E-state index in [0.717, 1.165) is 99.8 Å². The highest BCUT2D eigenvalue weighted by Gasteiger charge is 2.23. The fourth-order valence-corrected chi connectivity index (χ4v) is 8.52. The fraction of sp³-hybridized carbons (Fsp3) is 0.0385. The van der Waals surface area contributed by atoms with E-state index >= 15 is 0 Å². The molecule has 270 valence electrons. The van der Waals surface area contributed by atoms with Crippen LogP contribution in [0.25, 0.3) is 98.1 Å². The van der Waals surface area contributed by atoms with Gasteiger partial charge in [-0.1, -0.05) is 97.1 Å². The first-order chi connectivity index (χ1) is 28.4. The molecule has 0 saturated carbocycles. The number of hydrogen-bond donors (Lipinski definition) is 0. The van der Waals surface area contributed by atoms with Gasteiger partial charge in [0, 0.05) is 32.9 Å². The number of fused-ring (bicyclic) bond motifs is 6. The first-order valence-electron chi connectivity index (χ1n) is 19.0. The Morgan fingerprint density at radius 2 is 0.966 bits per heavy atom. The van der Waals surface area contributed by atoms with Gasteiger partial charge in [0.15, 0.2) is 11.4 Å². The van der Waals surface area contributed by atoms with Crippen molar-refractivity contribution in [2.24, 2.45) is 0 Å². The van der Waals surface area contributed by atoms with Gasteiger partial charge in [-0.3, -0.25) is 4.98 Å². The number of rotatable bonds is 5. The van der Waals surface area contributed by atoms with Crippen LogP contribution in [0.3, 0.4) is 0 Å². The lowest BCUT2D eigenvalue weighted by atomic mass is 10.00. The van der Waals surface area contributed by atoms with Gasteiger partial charge < -0.3 is 9.13 Å². The van der Waals surface area contributed by atoms with Gasteiger partial charge in [0.25, 0.3) is 0 Å². The maximum absolute atomic E-state index is 9.50. The highest BCUT2D eigenvalue weighted by Crippen LogP contribution is 2.44. The van der Waals surface area contributed by atoms with E-state index in [9.17, 15) is 5.26 Å². The molecule has 0 radical (unpaired) electrons. The predicted octanol–water partition coefficient (Wildman–Crippen LogP) is 13.9. The molecule has 10 rings (SSSR count). The Morgan fingerprint density at radius 3 is 1.48 bits per heavy atom. The quantitative estimate of drug-likeness (QED) is 0.165. The van der Waals surface area contributed by atoms with Crippen LogP contribution in [0.4, 0.5) is 11.4 Å². The summed E-state index contributed by atoms with van der Waals surface area (Å²) in [5.41, 5.74) is 15.3. The fourth-order valence-electron chi connectivity index (χ4n) is 8.52. The van der Waals surface area contributed by atoms with Crippen LogP contribution in [0.2, 0.25) is 0 Å². The summed E-state index contributed by atoms with van der Waals surface area (Å²) in [6, 6.07) is 56.1. The van der Waals surface area contributed by atoms with Crippen molar-refractivity contribution in [1.82, 2.24) is 14.1 Å². The molecule has 0 atom stereocenters. The normalized spacial score (nSPS) is 11.2. The Kier molecular flexibility index (Phi) is 7.98. The summed E-state index contributed by atoms with van der Waals surface area (Å²) in [6.07, 6.45) is 0. The third-order valence-electron chi connectivity index (χ3n) is 11.1. The average molecular weight is 741 g/mol. The van der Waals surface area contributed by atoms with Gasteiger partial charge in [-0.2, -0.15) is 5.26 Å². The molecule has 0 unspecified atom stereocenters. The summed E-state index contributed by atoms with van der Waals surface area (Å²) >= 11 is 0. The maximum Gasteiger partial charge on any atom is 0.197 e. The number of aromatic nitrogens is 3. The molecule has 0 bridgehead atoms. The van der Waals surface area contributed by atoms with E-state index in [2.05, 4.69) is 139 Å².